The zero-order chi connectivity index (χ0) is 23.2. The maximum atomic E-state index is 11.9. The summed E-state index contributed by atoms with van der Waals surface area (Å²) < 4.78 is 11.7. The summed E-state index contributed by atoms with van der Waals surface area (Å²) >= 11 is 1.66. The fourth-order valence-electron chi connectivity index (χ4n) is 3.83. The average molecular weight is 473 g/mol. The van der Waals surface area contributed by atoms with Gasteiger partial charge in [-0.1, -0.05) is 0 Å². The maximum absolute atomic E-state index is 11.9. The molecule has 0 bridgehead atoms. The van der Waals surface area contributed by atoms with E-state index in [-0.39, 0.29) is 24.5 Å². The number of aromatic hydroxyl groups is 1. The summed E-state index contributed by atoms with van der Waals surface area (Å²) in [5.41, 5.74) is 1.02. The number of phenols is 1. The molecular weight excluding hydrogens is 444 g/mol. The number of benzene rings is 1. The molecule has 1 fully saturated rings. The third-order valence-corrected chi connectivity index (χ3v) is 6.47. The fraction of sp³-hybridized carbons (Fsp3) is 0.435. The van der Waals surface area contributed by atoms with E-state index in [1.807, 2.05) is 11.4 Å². The van der Waals surface area contributed by atoms with Crippen molar-refractivity contribution >= 4 is 33.3 Å². The van der Waals surface area contributed by atoms with Crippen LogP contribution in [0.1, 0.15) is 30.1 Å². The Morgan fingerprint density at radius 1 is 1.30 bits per heavy atom. The lowest BCUT2D eigenvalue weighted by Crippen LogP contribution is -2.45. The molecule has 1 atom stereocenters. The van der Waals surface area contributed by atoms with Crippen molar-refractivity contribution in [3.63, 3.8) is 0 Å². The molecule has 3 N–H and O–H groups in total. The number of aromatic nitrogens is 2. The van der Waals surface area contributed by atoms with E-state index in [1.165, 1.54) is 12.1 Å². The van der Waals surface area contributed by atoms with Crippen molar-refractivity contribution in [2.24, 2.45) is 0 Å². The third kappa shape index (κ3) is 5.70. The largest absolute Gasteiger partial charge is 0.507 e. The number of hydrogen-bond donors (Lipinski definition) is 3. The minimum absolute atomic E-state index is 0.0391. The number of carbonyl (C=O) groups excluding carboxylic acids is 1. The monoisotopic (exact) mass is 472 g/mol. The number of rotatable bonds is 9. The van der Waals surface area contributed by atoms with E-state index in [0.29, 0.717) is 18.3 Å². The predicted molar refractivity (Wildman–Crippen MR) is 126 cm³/mol. The van der Waals surface area contributed by atoms with Gasteiger partial charge in [-0.05, 0) is 49.4 Å². The molecule has 1 aromatic carbocycles. The van der Waals surface area contributed by atoms with Gasteiger partial charge in [-0.3, -0.25) is 0 Å². The number of phenolic OH excluding ortho intramolecular Hbond substituents is 1. The van der Waals surface area contributed by atoms with Crippen molar-refractivity contribution in [3.8, 4) is 11.5 Å². The lowest BCUT2D eigenvalue weighted by molar-refractivity contribution is 0.0522. The van der Waals surface area contributed by atoms with E-state index >= 15 is 0 Å². The first-order chi connectivity index (χ1) is 16.0. The van der Waals surface area contributed by atoms with E-state index in [1.54, 1.807) is 30.7 Å². The number of anilines is 1. The Kier molecular flexibility index (Phi) is 7.58. The highest BCUT2D eigenvalue weighted by atomic mass is 32.1. The number of piperidine rings is 1. The van der Waals surface area contributed by atoms with Gasteiger partial charge in [-0.15, -0.1) is 11.3 Å². The number of nitrogens with one attached hydrogen (secondary N) is 1. The van der Waals surface area contributed by atoms with Crippen molar-refractivity contribution in [1.29, 1.82) is 0 Å². The minimum Gasteiger partial charge on any atom is -0.507 e. The summed E-state index contributed by atoms with van der Waals surface area (Å²) in [6, 6.07) is 6.66. The predicted octanol–water partition coefficient (Wildman–Crippen LogP) is 2.57. The Hall–Kier alpha value is -2.95. The van der Waals surface area contributed by atoms with E-state index in [9.17, 15) is 15.0 Å². The summed E-state index contributed by atoms with van der Waals surface area (Å²) in [4.78, 5) is 23.0. The van der Waals surface area contributed by atoms with Gasteiger partial charge in [0.05, 0.1) is 16.8 Å². The zero-order valence-corrected chi connectivity index (χ0v) is 19.3. The molecule has 176 valence electrons. The number of fused-ring (bicyclic) bond motifs is 1. The zero-order valence-electron chi connectivity index (χ0n) is 18.4. The van der Waals surface area contributed by atoms with Crippen molar-refractivity contribution < 1.29 is 24.5 Å². The van der Waals surface area contributed by atoms with Crippen LogP contribution in [0, 0.1) is 0 Å². The van der Waals surface area contributed by atoms with Gasteiger partial charge in [0.2, 0.25) is 0 Å². The van der Waals surface area contributed by atoms with Crippen LogP contribution in [0.4, 0.5) is 5.82 Å². The molecule has 33 heavy (non-hydrogen) atoms. The van der Waals surface area contributed by atoms with Crippen molar-refractivity contribution in [2.45, 2.75) is 31.9 Å². The maximum Gasteiger partial charge on any atom is 0.342 e. The van der Waals surface area contributed by atoms with Crippen LogP contribution in [0.15, 0.2) is 36.0 Å². The highest BCUT2D eigenvalue weighted by Crippen LogP contribution is 2.29. The first kappa shape index (κ1) is 23.2. The lowest BCUT2D eigenvalue weighted by Gasteiger charge is -2.33. The van der Waals surface area contributed by atoms with Gasteiger partial charge in [0.25, 0.3) is 0 Å². The molecule has 1 saturated heterocycles. The minimum atomic E-state index is -0.713. The van der Waals surface area contributed by atoms with Gasteiger partial charge in [0, 0.05) is 25.7 Å². The van der Waals surface area contributed by atoms with Crippen LogP contribution in [0.25, 0.3) is 10.2 Å². The molecule has 1 aliphatic rings. The number of nitrogens with zero attached hydrogens (tertiary/aromatic N) is 3. The van der Waals surface area contributed by atoms with Crippen LogP contribution in [0.2, 0.25) is 0 Å². The SMILES string of the molecule is CCOC(=O)c1cc(OCC(O)CNC2CCN(c3ncnc4ccsc34)CC2)ccc1O. The molecule has 0 spiro atoms. The van der Waals surface area contributed by atoms with Gasteiger partial charge in [0.15, 0.2) is 0 Å². The molecule has 1 unspecified atom stereocenters. The van der Waals surface area contributed by atoms with Crippen molar-refractivity contribution in [3.05, 3.63) is 41.5 Å². The summed E-state index contributed by atoms with van der Waals surface area (Å²) in [5.74, 6) is 0.595. The summed E-state index contributed by atoms with van der Waals surface area (Å²) in [7, 11) is 0. The van der Waals surface area contributed by atoms with E-state index in [2.05, 4.69) is 20.2 Å². The summed E-state index contributed by atoms with van der Waals surface area (Å²) in [6.45, 7) is 4.15. The Balaban J connectivity index is 1.22. The van der Waals surface area contributed by atoms with Gasteiger partial charge >= 0.3 is 5.97 Å². The number of ether oxygens (including phenoxy) is 2. The average Bonchev–Trinajstić information content (AvgIpc) is 3.32. The Morgan fingerprint density at radius 2 is 2.12 bits per heavy atom. The molecule has 3 heterocycles. The first-order valence-electron chi connectivity index (χ1n) is 11.0. The Morgan fingerprint density at radius 3 is 2.91 bits per heavy atom. The van der Waals surface area contributed by atoms with Crippen LogP contribution in [-0.2, 0) is 4.74 Å². The van der Waals surface area contributed by atoms with Crippen LogP contribution in [-0.4, -0.2) is 71.1 Å². The number of aliphatic hydroxyl groups excluding tert-OH is 1. The number of aliphatic hydroxyl groups is 1. The van der Waals surface area contributed by atoms with Crippen LogP contribution >= 0.6 is 11.3 Å². The molecule has 2 aromatic heterocycles. The molecule has 10 heteroatoms. The van der Waals surface area contributed by atoms with E-state index < -0.39 is 12.1 Å². The lowest BCUT2D eigenvalue weighted by atomic mass is 10.0. The first-order valence-corrected chi connectivity index (χ1v) is 11.9. The summed E-state index contributed by atoms with van der Waals surface area (Å²) in [5, 5.41) is 25.6. The second-order valence-corrected chi connectivity index (χ2v) is 8.78. The smallest absolute Gasteiger partial charge is 0.342 e. The Labute approximate surface area is 196 Å². The van der Waals surface area contributed by atoms with Crippen LogP contribution < -0.4 is 15.0 Å². The van der Waals surface area contributed by atoms with E-state index in [4.69, 9.17) is 9.47 Å². The number of esters is 1. The number of carbonyl (C=O) groups is 1. The normalized spacial score (nSPS) is 15.5. The Bertz CT molecular complexity index is 1080. The summed E-state index contributed by atoms with van der Waals surface area (Å²) in [6.07, 6.45) is 2.81. The molecular formula is C23H28N4O5S. The molecule has 3 aromatic rings. The standard InChI is InChI=1S/C23H28N4O5S/c1-2-31-23(30)18-11-17(3-4-20(18)29)32-13-16(28)12-24-15-5-8-27(9-6-15)22-21-19(7-10-33-21)25-14-26-22/h3-4,7,10-11,14-16,24,28-29H,2,5-6,8-9,12-13H2,1H3. The molecule has 9 nitrogen and oxygen atoms in total. The van der Waals surface area contributed by atoms with E-state index in [0.717, 1.165) is 42.0 Å². The number of thiophene rings is 1. The highest BCUT2D eigenvalue weighted by molar-refractivity contribution is 7.17. The fourth-order valence-corrected chi connectivity index (χ4v) is 4.69. The van der Waals surface area contributed by atoms with Gasteiger partial charge in [-0.2, -0.15) is 0 Å². The molecule has 1 aliphatic heterocycles. The topological polar surface area (TPSA) is 117 Å². The highest BCUT2D eigenvalue weighted by Gasteiger charge is 2.22. The molecule has 4 rings (SSSR count). The van der Waals surface area contributed by atoms with Gasteiger partial charge in [-0.25, -0.2) is 14.8 Å². The van der Waals surface area contributed by atoms with Gasteiger partial charge in [0.1, 0.15) is 41.9 Å². The quantitative estimate of drug-likeness (QED) is 0.404. The van der Waals surface area contributed by atoms with Gasteiger partial charge < -0.3 is 29.9 Å². The molecule has 0 aliphatic carbocycles. The molecule has 0 radical (unpaired) electrons. The van der Waals surface area contributed by atoms with Crippen molar-refractivity contribution in [2.75, 3.05) is 37.7 Å². The molecule has 0 saturated carbocycles. The third-order valence-electron chi connectivity index (χ3n) is 5.57. The number of hydrogen-bond acceptors (Lipinski definition) is 10. The van der Waals surface area contributed by atoms with Crippen LogP contribution in [0.3, 0.4) is 0 Å². The second kappa shape index (κ2) is 10.8. The molecule has 0 amide bonds. The van der Waals surface area contributed by atoms with Crippen LogP contribution in [0.5, 0.6) is 11.5 Å². The van der Waals surface area contributed by atoms with Crippen molar-refractivity contribution in [1.82, 2.24) is 15.3 Å². The second-order valence-electron chi connectivity index (χ2n) is 7.87.